The largest absolute Gasteiger partial charge is 0.480 e. The summed E-state index contributed by atoms with van der Waals surface area (Å²) in [7, 11) is 0. The fraction of sp³-hybridized carbons (Fsp3) is 0.217. The van der Waals surface area contributed by atoms with Crippen LogP contribution in [0.4, 0.5) is 5.82 Å². The standard InChI is InChI=1S/C23H23N3O2/c24-22-7-3-6-20(25-22)17-10-8-16(9-11-17)12-13-26-15-19-5-2-1-4-18(19)14-21(26)23(27)28/h1-11,21H,12-15H2,(H2,24,25)(H,27,28). The van der Waals surface area contributed by atoms with Gasteiger partial charge in [0.25, 0.3) is 0 Å². The summed E-state index contributed by atoms with van der Waals surface area (Å²) in [5.74, 6) is -0.246. The van der Waals surface area contributed by atoms with E-state index in [1.54, 1.807) is 6.07 Å². The lowest BCUT2D eigenvalue weighted by atomic mass is 9.93. The number of hydrogen-bond donors (Lipinski definition) is 2. The van der Waals surface area contributed by atoms with Crippen molar-refractivity contribution in [2.45, 2.75) is 25.4 Å². The molecular weight excluding hydrogens is 350 g/mol. The Morgan fingerprint density at radius 3 is 2.50 bits per heavy atom. The van der Waals surface area contributed by atoms with Gasteiger partial charge >= 0.3 is 5.97 Å². The first kappa shape index (κ1) is 18.2. The predicted octanol–water partition coefficient (Wildman–Crippen LogP) is 3.38. The summed E-state index contributed by atoms with van der Waals surface area (Å²) in [4.78, 5) is 18.2. The van der Waals surface area contributed by atoms with E-state index in [2.05, 4.69) is 28.1 Å². The molecule has 0 saturated heterocycles. The maximum Gasteiger partial charge on any atom is 0.321 e. The van der Waals surface area contributed by atoms with E-state index in [-0.39, 0.29) is 0 Å². The molecule has 142 valence electrons. The lowest BCUT2D eigenvalue weighted by Crippen LogP contribution is -2.46. The van der Waals surface area contributed by atoms with E-state index in [4.69, 9.17) is 5.73 Å². The van der Waals surface area contributed by atoms with E-state index < -0.39 is 12.0 Å². The van der Waals surface area contributed by atoms with Gasteiger partial charge in [-0.1, -0.05) is 54.6 Å². The molecule has 0 fully saturated rings. The normalized spacial score (nSPS) is 16.5. The number of carbonyl (C=O) groups is 1. The number of aliphatic carboxylic acids is 1. The minimum absolute atomic E-state index is 0.467. The van der Waals surface area contributed by atoms with Crippen LogP contribution < -0.4 is 5.73 Å². The number of aromatic nitrogens is 1. The zero-order chi connectivity index (χ0) is 19.5. The number of nitrogen functional groups attached to an aromatic ring is 1. The average molecular weight is 373 g/mol. The van der Waals surface area contributed by atoms with Crippen LogP contribution in [0.3, 0.4) is 0 Å². The lowest BCUT2D eigenvalue weighted by molar-refractivity contribution is -0.143. The van der Waals surface area contributed by atoms with Crippen LogP contribution in [0.15, 0.2) is 66.7 Å². The Morgan fingerprint density at radius 1 is 1.04 bits per heavy atom. The third-order valence-electron chi connectivity index (χ3n) is 5.34. The van der Waals surface area contributed by atoms with Crippen LogP contribution in [0, 0.1) is 0 Å². The highest BCUT2D eigenvalue weighted by molar-refractivity contribution is 5.74. The summed E-state index contributed by atoms with van der Waals surface area (Å²) in [6.07, 6.45) is 1.36. The second kappa shape index (κ2) is 7.82. The molecule has 1 aliphatic heterocycles. The van der Waals surface area contributed by atoms with Gasteiger partial charge < -0.3 is 10.8 Å². The number of hydrogen-bond acceptors (Lipinski definition) is 4. The topological polar surface area (TPSA) is 79.5 Å². The van der Waals surface area contributed by atoms with Crippen molar-refractivity contribution < 1.29 is 9.90 Å². The zero-order valence-corrected chi connectivity index (χ0v) is 15.6. The van der Waals surface area contributed by atoms with Crippen LogP contribution in [0.2, 0.25) is 0 Å². The molecule has 3 aromatic rings. The summed E-state index contributed by atoms with van der Waals surface area (Å²) in [5, 5.41) is 9.66. The fourth-order valence-electron chi connectivity index (χ4n) is 3.78. The SMILES string of the molecule is Nc1cccc(-c2ccc(CCN3Cc4ccccc4CC3C(=O)O)cc2)n1. The van der Waals surface area contributed by atoms with Gasteiger partial charge in [0.05, 0.1) is 5.69 Å². The Morgan fingerprint density at radius 2 is 1.79 bits per heavy atom. The van der Waals surface area contributed by atoms with Gasteiger partial charge in [0.15, 0.2) is 0 Å². The van der Waals surface area contributed by atoms with Crippen LogP contribution in [-0.4, -0.2) is 33.5 Å². The number of benzene rings is 2. The molecule has 1 atom stereocenters. The van der Waals surface area contributed by atoms with Gasteiger partial charge in [-0.3, -0.25) is 9.69 Å². The highest BCUT2D eigenvalue weighted by Gasteiger charge is 2.30. The molecular formula is C23H23N3O2. The Hall–Kier alpha value is -3.18. The summed E-state index contributed by atoms with van der Waals surface area (Å²) < 4.78 is 0. The molecule has 1 aliphatic rings. The van der Waals surface area contributed by atoms with Crippen LogP contribution in [-0.2, 0) is 24.2 Å². The first-order valence-corrected chi connectivity index (χ1v) is 9.45. The molecule has 4 rings (SSSR count). The second-order valence-corrected chi connectivity index (χ2v) is 7.19. The van der Waals surface area contributed by atoms with Crippen molar-refractivity contribution in [3.05, 3.63) is 83.4 Å². The molecule has 0 saturated carbocycles. The first-order valence-electron chi connectivity index (χ1n) is 9.45. The molecule has 0 amide bonds. The van der Waals surface area contributed by atoms with Gasteiger partial charge in [0.2, 0.25) is 0 Å². The van der Waals surface area contributed by atoms with Crippen LogP contribution in [0.5, 0.6) is 0 Å². The number of anilines is 1. The second-order valence-electron chi connectivity index (χ2n) is 7.19. The number of rotatable bonds is 5. The quantitative estimate of drug-likeness (QED) is 0.717. The minimum atomic E-state index is -0.752. The summed E-state index contributed by atoms with van der Waals surface area (Å²) in [6.45, 7) is 1.39. The van der Waals surface area contributed by atoms with Crippen molar-refractivity contribution in [2.75, 3.05) is 12.3 Å². The van der Waals surface area contributed by atoms with E-state index in [0.29, 0.717) is 25.3 Å². The van der Waals surface area contributed by atoms with Gasteiger partial charge in [0.1, 0.15) is 11.9 Å². The number of carboxylic acid groups (broad SMARTS) is 1. The highest BCUT2D eigenvalue weighted by Crippen LogP contribution is 2.24. The van der Waals surface area contributed by atoms with Crippen molar-refractivity contribution in [3.8, 4) is 11.3 Å². The number of fused-ring (bicyclic) bond motifs is 1. The number of pyridine rings is 1. The molecule has 0 radical (unpaired) electrons. The maximum absolute atomic E-state index is 11.8. The van der Waals surface area contributed by atoms with Gasteiger partial charge in [-0.2, -0.15) is 0 Å². The van der Waals surface area contributed by atoms with Crippen LogP contribution in [0.1, 0.15) is 16.7 Å². The summed E-state index contributed by atoms with van der Waals surface area (Å²) in [6, 6.07) is 21.5. The van der Waals surface area contributed by atoms with Crippen molar-refractivity contribution >= 4 is 11.8 Å². The van der Waals surface area contributed by atoms with Crippen molar-refractivity contribution in [2.24, 2.45) is 0 Å². The van der Waals surface area contributed by atoms with Gasteiger partial charge in [-0.25, -0.2) is 4.98 Å². The molecule has 1 unspecified atom stereocenters. The monoisotopic (exact) mass is 373 g/mol. The third kappa shape index (κ3) is 3.89. The van der Waals surface area contributed by atoms with E-state index in [9.17, 15) is 9.90 Å². The highest BCUT2D eigenvalue weighted by atomic mass is 16.4. The Bertz CT molecular complexity index is 985. The molecule has 0 aliphatic carbocycles. The molecule has 2 heterocycles. The van der Waals surface area contributed by atoms with E-state index in [1.807, 2.05) is 42.5 Å². The molecule has 3 N–H and O–H groups in total. The van der Waals surface area contributed by atoms with Gasteiger partial charge in [-0.15, -0.1) is 0 Å². The fourth-order valence-corrected chi connectivity index (χ4v) is 3.78. The molecule has 28 heavy (non-hydrogen) atoms. The molecule has 0 spiro atoms. The van der Waals surface area contributed by atoms with Gasteiger partial charge in [0, 0.05) is 18.7 Å². The van der Waals surface area contributed by atoms with E-state index in [0.717, 1.165) is 23.2 Å². The maximum atomic E-state index is 11.8. The molecule has 1 aromatic heterocycles. The molecule has 0 bridgehead atoms. The molecule has 2 aromatic carbocycles. The first-order chi connectivity index (χ1) is 13.6. The Kier molecular flexibility index (Phi) is 5.08. The minimum Gasteiger partial charge on any atom is -0.480 e. The number of nitrogens with zero attached hydrogens (tertiary/aromatic N) is 2. The van der Waals surface area contributed by atoms with Crippen molar-refractivity contribution in [1.29, 1.82) is 0 Å². The third-order valence-corrected chi connectivity index (χ3v) is 5.34. The van der Waals surface area contributed by atoms with Crippen molar-refractivity contribution in [1.82, 2.24) is 9.88 Å². The zero-order valence-electron chi connectivity index (χ0n) is 15.6. The predicted molar refractivity (Wildman–Crippen MR) is 110 cm³/mol. The van der Waals surface area contributed by atoms with Crippen LogP contribution >= 0.6 is 0 Å². The number of nitrogens with two attached hydrogens (primary N) is 1. The van der Waals surface area contributed by atoms with Crippen LogP contribution in [0.25, 0.3) is 11.3 Å². The van der Waals surface area contributed by atoms with E-state index in [1.165, 1.54) is 11.1 Å². The molecule has 5 heteroatoms. The molecule has 5 nitrogen and oxygen atoms in total. The smallest absolute Gasteiger partial charge is 0.321 e. The van der Waals surface area contributed by atoms with Gasteiger partial charge in [-0.05, 0) is 41.7 Å². The average Bonchev–Trinajstić information content (AvgIpc) is 2.72. The summed E-state index contributed by atoms with van der Waals surface area (Å²) in [5.41, 5.74) is 11.2. The van der Waals surface area contributed by atoms with Crippen molar-refractivity contribution in [3.63, 3.8) is 0 Å². The lowest BCUT2D eigenvalue weighted by Gasteiger charge is -2.34. The Balaban J connectivity index is 1.45. The Labute approximate surface area is 164 Å². The van der Waals surface area contributed by atoms with E-state index >= 15 is 0 Å². The number of carboxylic acids is 1. The summed E-state index contributed by atoms with van der Waals surface area (Å²) >= 11 is 0.